The summed E-state index contributed by atoms with van der Waals surface area (Å²) < 4.78 is 80.3. The molecule has 0 saturated carbocycles. The number of nitrogens with zero attached hydrogens (tertiary/aromatic N) is 14. The van der Waals surface area contributed by atoms with E-state index < -0.39 is 77.9 Å². The molecule has 2 unspecified atom stereocenters. The Balaban J connectivity index is 0.000000159. The van der Waals surface area contributed by atoms with Crippen LogP contribution < -0.4 is 56.4 Å². The van der Waals surface area contributed by atoms with Crippen LogP contribution in [-0.4, -0.2) is 120 Å². The molecule has 14 aromatic rings. The lowest BCUT2D eigenvalue weighted by Gasteiger charge is -2.22. The van der Waals surface area contributed by atoms with Crippen LogP contribution in [0.3, 0.4) is 0 Å². The predicted octanol–water partition coefficient (Wildman–Crippen LogP) is 10.8. The number of pyridine rings is 6. The number of fused-ring (bicyclic) bond motifs is 4. The number of benzene rings is 4. The number of anilines is 2. The largest absolute Gasteiger partial charge is 0.534 e. The molecule has 0 saturated heterocycles. The first-order chi connectivity index (χ1) is 58.7. The van der Waals surface area contributed by atoms with E-state index in [1.165, 1.54) is 48.4 Å². The number of nitrogens with one attached hydrogen (secondary N) is 2. The maximum absolute atomic E-state index is 13.6. The SMILES string of the molecule is CCOC(=O)c1c(O)c2c(C)ncnc2n(OCc2ccccc2)c1=O.CCOC(=O)c1c(OS(=O)(=O)C(F)(F)F)c2c(C)ncnc2n(OCc2ccccc2)c1=O.CCOOCc1c(NC(C)c2ccccn2)c2c(C)ncnc2n(OCc2ccccc2)c1=O.Cc1ncnc2c1c(NC(C)c1ccccn1)cc(=O)n2OCc1ccccc1. The Kier molecular flexibility index (Phi) is 29.4. The summed E-state index contributed by atoms with van der Waals surface area (Å²) in [7, 11) is -6.27. The van der Waals surface area contributed by atoms with Crippen LogP contribution in [0.4, 0.5) is 24.5 Å². The zero-order valence-electron chi connectivity index (χ0n) is 67.1. The van der Waals surface area contributed by atoms with Crippen molar-refractivity contribution in [1.29, 1.82) is 0 Å². The van der Waals surface area contributed by atoms with Crippen LogP contribution in [0.25, 0.3) is 44.1 Å². The van der Waals surface area contributed by atoms with E-state index in [4.69, 9.17) is 38.6 Å². The lowest BCUT2D eigenvalue weighted by molar-refractivity contribution is -0.300. The van der Waals surface area contributed by atoms with Crippen LogP contribution in [0.1, 0.15) is 129 Å². The fraction of sp³-hybridized carbons (Fsp3) is 0.238. The maximum Gasteiger partial charge on any atom is 0.534 e. The van der Waals surface area contributed by atoms with E-state index in [1.807, 2.05) is 162 Å². The Labute approximate surface area is 693 Å². The van der Waals surface area contributed by atoms with E-state index in [2.05, 4.69) is 64.7 Å². The van der Waals surface area contributed by atoms with Crippen LogP contribution >= 0.6 is 0 Å². The normalized spacial score (nSPS) is 11.7. The Morgan fingerprint density at radius 2 is 0.820 bits per heavy atom. The molecule has 2 atom stereocenters. The number of carbonyl (C=O) groups excluding carboxylic acids is 2. The van der Waals surface area contributed by atoms with E-state index in [1.54, 1.807) is 56.6 Å². The number of halogens is 3. The third kappa shape index (κ3) is 20.9. The van der Waals surface area contributed by atoms with Crippen LogP contribution in [0, 0.1) is 27.7 Å². The number of aryl methyl sites for hydroxylation is 4. The fourth-order valence-corrected chi connectivity index (χ4v) is 12.6. The third-order valence-electron chi connectivity index (χ3n) is 17.9. The topological polar surface area (TPSA) is 413 Å². The number of hydrogen-bond donors (Lipinski definition) is 3. The van der Waals surface area contributed by atoms with E-state index in [-0.39, 0.29) is 80.6 Å². The standard InChI is InChI=1S/C25H27N5O4.C22H21N5O2.C19H16F3N3O7S.C18H17N3O5/c1-4-33-34-15-20-23(29-17(2)21-12-8-9-13-26-21)22-18(3)27-16-28-24(22)30(25(20)31)32-14-19-10-6-5-7-11-19;1-15(18-10-6-7-11-23-18)26-19-12-20(28)27(22-21(19)16(2)24-14-25-22)29-13-17-8-4-3-5-9-17;1-3-30-18(27)14-15(32-33(28,29)19(20,21)22)13-11(2)23-10-24-16(13)25(17(14)26)31-9-12-7-5-4-6-8-12;1-3-25-18(24)14-15(22)13-11(2)19-10-20-16(13)21(17(14)23)26-9-12-7-5-4-6-8-12/h5-13,16-17,29H,4,14-15H2,1-3H3;3-12,14-15,26H,13H2,1-2H3;4-8,10H,3,9H2,1-2H3;4-8,10,22H,3,9H2,1-2H3. The lowest BCUT2D eigenvalue weighted by atomic mass is 10.1. The van der Waals surface area contributed by atoms with Gasteiger partial charge < -0.3 is 48.7 Å². The summed E-state index contributed by atoms with van der Waals surface area (Å²) in [4.78, 5) is 152. The van der Waals surface area contributed by atoms with Gasteiger partial charge in [0.15, 0.2) is 39.5 Å². The molecule has 0 aliphatic rings. The quantitative estimate of drug-likeness (QED) is 0.0102. The minimum atomic E-state index is -6.27. The van der Waals surface area contributed by atoms with E-state index in [0.717, 1.165) is 50.2 Å². The molecular formula is C84H81F3N16O18S. The Morgan fingerprint density at radius 1 is 0.443 bits per heavy atom. The first kappa shape index (κ1) is 88.2. The summed E-state index contributed by atoms with van der Waals surface area (Å²) >= 11 is 0. The molecule has 0 fully saturated rings. The van der Waals surface area contributed by atoms with Gasteiger partial charge >= 0.3 is 38.7 Å². The Hall–Kier alpha value is -14.7. The second kappa shape index (κ2) is 40.7. The number of aromatic hydroxyl groups is 1. The van der Waals surface area contributed by atoms with Gasteiger partial charge in [-0.3, -0.25) is 29.1 Å². The zero-order valence-corrected chi connectivity index (χ0v) is 67.9. The fourth-order valence-electron chi connectivity index (χ4n) is 12.1. The van der Waals surface area contributed by atoms with Gasteiger partial charge in [0, 0.05) is 18.5 Å². The first-order valence-corrected chi connectivity index (χ1v) is 39.0. The van der Waals surface area contributed by atoms with Crippen molar-refractivity contribution in [2.45, 2.75) is 113 Å². The monoisotopic (exact) mass is 1690 g/mol. The molecule has 0 aliphatic heterocycles. The van der Waals surface area contributed by atoms with Gasteiger partial charge in [0.05, 0.1) is 105 Å². The summed E-state index contributed by atoms with van der Waals surface area (Å²) in [5.41, 5.74) is -1.56. The van der Waals surface area contributed by atoms with E-state index >= 15 is 0 Å². The highest BCUT2D eigenvalue weighted by atomic mass is 32.2. The highest BCUT2D eigenvalue weighted by molar-refractivity contribution is 7.88. The molecule has 122 heavy (non-hydrogen) atoms. The second-order valence-corrected chi connectivity index (χ2v) is 27.8. The van der Waals surface area contributed by atoms with Gasteiger partial charge in [0.25, 0.3) is 11.1 Å². The van der Waals surface area contributed by atoms with E-state index in [0.29, 0.717) is 61.9 Å². The minimum absolute atomic E-state index is 0.0604. The predicted molar refractivity (Wildman–Crippen MR) is 439 cm³/mol. The molecule has 0 bridgehead atoms. The first-order valence-electron chi connectivity index (χ1n) is 37.6. The molecular weight excluding hydrogens is 1610 g/mol. The van der Waals surface area contributed by atoms with Gasteiger partial charge in [0.2, 0.25) is 0 Å². The molecule has 0 radical (unpaired) electrons. The van der Waals surface area contributed by atoms with Gasteiger partial charge in [-0.15, -0.1) is 18.9 Å². The van der Waals surface area contributed by atoms with Crippen molar-refractivity contribution in [2.24, 2.45) is 0 Å². The van der Waals surface area contributed by atoms with Crippen molar-refractivity contribution in [1.82, 2.24) is 68.8 Å². The highest BCUT2D eigenvalue weighted by Crippen LogP contribution is 2.36. The van der Waals surface area contributed by atoms with Crippen molar-refractivity contribution in [2.75, 3.05) is 30.5 Å². The Morgan fingerprint density at radius 3 is 1.25 bits per heavy atom. The van der Waals surface area contributed by atoms with Crippen molar-refractivity contribution in [3.8, 4) is 11.5 Å². The third-order valence-corrected chi connectivity index (χ3v) is 18.9. The van der Waals surface area contributed by atoms with Crippen LogP contribution in [0.15, 0.2) is 221 Å². The van der Waals surface area contributed by atoms with Gasteiger partial charge in [-0.1, -0.05) is 133 Å². The molecule has 4 aromatic carbocycles. The average molecular weight is 1690 g/mol. The lowest BCUT2D eigenvalue weighted by Crippen LogP contribution is -2.35. The summed E-state index contributed by atoms with van der Waals surface area (Å²) in [6.07, 6.45) is 8.56. The molecule has 14 rings (SSSR count). The van der Waals surface area contributed by atoms with Crippen LogP contribution in [0.5, 0.6) is 11.5 Å². The molecule has 10 aromatic heterocycles. The summed E-state index contributed by atoms with van der Waals surface area (Å²) in [6.45, 7) is 15.8. The van der Waals surface area contributed by atoms with Crippen LogP contribution in [-0.2, 0) is 62.4 Å². The number of hydrogen-bond acceptors (Lipinski definition) is 30. The van der Waals surface area contributed by atoms with Crippen molar-refractivity contribution >= 4 is 77.6 Å². The van der Waals surface area contributed by atoms with Gasteiger partial charge in [0.1, 0.15) is 64.1 Å². The van der Waals surface area contributed by atoms with Gasteiger partial charge in [-0.2, -0.15) is 21.6 Å². The molecule has 0 spiro atoms. The number of ether oxygens (including phenoxy) is 2. The summed E-state index contributed by atoms with van der Waals surface area (Å²) in [5, 5.41) is 18.4. The van der Waals surface area contributed by atoms with Gasteiger partial charge in [-0.05, 0) is 109 Å². The maximum atomic E-state index is 13.6. The van der Waals surface area contributed by atoms with Gasteiger partial charge in [-0.25, -0.2) is 59.2 Å². The second-order valence-electron chi connectivity index (χ2n) is 26.3. The van der Waals surface area contributed by atoms with E-state index in [9.17, 15) is 55.5 Å². The molecule has 0 aliphatic carbocycles. The molecule has 3 N–H and O–H groups in total. The minimum Gasteiger partial charge on any atom is -0.506 e. The zero-order chi connectivity index (χ0) is 87.2. The number of rotatable bonds is 28. The number of aromatic nitrogens is 14. The molecule has 0 amide bonds. The summed E-state index contributed by atoms with van der Waals surface area (Å²) in [5.74, 6) is -4.07. The number of alkyl halides is 3. The van der Waals surface area contributed by atoms with Crippen molar-refractivity contribution in [3.63, 3.8) is 0 Å². The molecule has 38 heteroatoms. The number of carbonyl (C=O) groups is 2. The van der Waals surface area contributed by atoms with Crippen molar-refractivity contribution in [3.05, 3.63) is 316 Å². The molecule has 34 nitrogen and oxygen atoms in total. The summed E-state index contributed by atoms with van der Waals surface area (Å²) in [6, 6.07) is 49.7. The average Bonchev–Trinajstić information content (AvgIpc) is 0.639. The molecule has 632 valence electrons. The Bertz CT molecular complexity index is 6390. The smallest absolute Gasteiger partial charge is 0.506 e. The molecule has 10 heterocycles. The van der Waals surface area contributed by atoms with Crippen molar-refractivity contribution < 1.29 is 79.1 Å². The highest BCUT2D eigenvalue weighted by Gasteiger charge is 2.50. The number of esters is 2. The van der Waals surface area contributed by atoms with Crippen LogP contribution in [0.2, 0.25) is 0 Å².